The van der Waals surface area contributed by atoms with Crippen LogP contribution in [0.1, 0.15) is 26.3 Å². The van der Waals surface area contributed by atoms with Crippen molar-refractivity contribution < 1.29 is 9.59 Å². The zero-order valence-electron chi connectivity index (χ0n) is 9.60. The summed E-state index contributed by atoms with van der Waals surface area (Å²) < 4.78 is 0. The predicted octanol–water partition coefficient (Wildman–Crippen LogP) is 3.50. The average Bonchev–Trinajstić information content (AvgIpc) is 2.47. The first-order chi connectivity index (χ1) is 8.72. The third-order valence-corrected chi connectivity index (χ3v) is 3.14. The molecule has 2 aromatic carbocycles. The lowest BCUT2D eigenvalue weighted by Gasteiger charge is -2.02. The Kier molecular flexibility index (Phi) is 4.05. The van der Waals surface area contributed by atoms with E-state index in [1.54, 1.807) is 36.4 Å². The van der Waals surface area contributed by atoms with Crippen LogP contribution >= 0.6 is 15.9 Å². The Morgan fingerprint density at radius 2 is 1.28 bits per heavy atom. The van der Waals surface area contributed by atoms with Crippen LogP contribution in [0.15, 0.2) is 54.6 Å². The van der Waals surface area contributed by atoms with Gasteiger partial charge in [-0.05, 0) is 0 Å². The number of carbonyl (C=O) groups excluding carboxylic acids is 2. The minimum Gasteiger partial charge on any atom is -0.293 e. The molecule has 0 bridgehead atoms. The summed E-state index contributed by atoms with van der Waals surface area (Å²) in [6.07, 6.45) is 0. The van der Waals surface area contributed by atoms with Gasteiger partial charge in [-0.3, -0.25) is 9.59 Å². The molecular weight excluding hydrogens is 292 g/mol. The minimum absolute atomic E-state index is 0.00806. The Hall–Kier alpha value is -1.74. The molecule has 2 nitrogen and oxygen atoms in total. The fourth-order valence-electron chi connectivity index (χ4n) is 1.64. The van der Waals surface area contributed by atoms with Crippen LogP contribution in [0.4, 0.5) is 0 Å². The van der Waals surface area contributed by atoms with Gasteiger partial charge in [0.25, 0.3) is 0 Å². The van der Waals surface area contributed by atoms with Gasteiger partial charge in [0.1, 0.15) is 0 Å². The van der Waals surface area contributed by atoms with Crippen LogP contribution in [0.3, 0.4) is 0 Å². The van der Waals surface area contributed by atoms with Crippen LogP contribution in [-0.2, 0) is 0 Å². The number of alkyl halides is 1. The minimum atomic E-state index is -0.0339. The van der Waals surface area contributed by atoms with Crippen LogP contribution in [-0.4, -0.2) is 16.9 Å². The molecule has 90 valence electrons. The van der Waals surface area contributed by atoms with Gasteiger partial charge in [-0.1, -0.05) is 70.5 Å². The molecule has 0 N–H and O–H groups in total. The average molecular weight is 303 g/mol. The first kappa shape index (κ1) is 12.7. The second-order valence-corrected chi connectivity index (χ2v) is 4.39. The molecule has 18 heavy (non-hydrogen) atoms. The molecule has 2 aromatic rings. The van der Waals surface area contributed by atoms with Gasteiger partial charge in [0.2, 0.25) is 0 Å². The fraction of sp³-hybridized carbons (Fsp3) is 0.0667. The molecule has 0 atom stereocenters. The maximum atomic E-state index is 12.1. The molecule has 0 radical (unpaired) electrons. The summed E-state index contributed by atoms with van der Waals surface area (Å²) in [5, 5.41) is 0.291. The number of ketones is 2. The Balaban J connectivity index is 2.25. The first-order valence-electron chi connectivity index (χ1n) is 5.51. The van der Waals surface area contributed by atoms with Crippen molar-refractivity contribution in [3.05, 3.63) is 71.3 Å². The number of halogens is 1. The van der Waals surface area contributed by atoms with E-state index in [9.17, 15) is 9.59 Å². The Bertz CT molecular complexity index is 559. The largest absolute Gasteiger partial charge is 0.293 e. The Morgan fingerprint density at radius 1 is 0.778 bits per heavy atom. The summed E-state index contributed by atoms with van der Waals surface area (Å²) in [6.45, 7) is 0. The van der Waals surface area contributed by atoms with Crippen molar-refractivity contribution in [2.24, 2.45) is 0 Å². The Morgan fingerprint density at radius 3 is 1.83 bits per heavy atom. The molecule has 0 unspecified atom stereocenters. The molecule has 0 heterocycles. The molecule has 0 aromatic heterocycles. The summed E-state index contributed by atoms with van der Waals surface area (Å²) in [5.74, 6) is -0.0258. The maximum Gasteiger partial charge on any atom is 0.193 e. The summed E-state index contributed by atoms with van der Waals surface area (Å²) in [4.78, 5) is 23.5. The van der Waals surface area contributed by atoms with E-state index in [2.05, 4.69) is 15.9 Å². The predicted molar refractivity (Wildman–Crippen MR) is 74.4 cm³/mol. The van der Waals surface area contributed by atoms with E-state index in [1.165, 1.54) is 0 Å². The van der Waals surface area contributed by atoms with Crippen molar-refractivity contribution in [1.29, 1.82) is 0 Å². The van der Waals surface area contributed by atoms with Crippen molar-refractivity contribution in [1.82, 2.24) is 0 Å². The molecule has 0 fully saturated rings. The van der Waals surface area contributed by atoms with Crippen LogP contribution in [0.25, 0.3) is 0 Å². The lowest BCUT2D eigenvalue weighted by molar-refractivity contribution is 0.101. The third-order valence-electron chi connectivity index (χ3n) is 2.63. The highest BCUT2D eigenvalue weighted by atomic mass is 79.9. The van der Waals surface area contributed by atoms with E-state index < -0.39 is 0 Å². The number of hydrogen-bond acceptors (Lipinski definition) is 2. The standard InChI is InChI=1S/C15H11BrO2/c16-10-14(17)11-6-8-13(9-7-11)15(18)12-4-2-1-3-5-12/h1-9H,10H2. The zero-order valence-corrected chi connectivity index (χ0v) is 11.2. The van der Waals surface area contributed by atoms with Crippen LogP contribution in [0.2, 0.25) is 0 Å². The first-order valence-corrected chi connectivity index (χ1v) is 6.63. The van der Waals surface area contributed by atoms with Crippen LogP contribution in [0, 0.1) is 0 Å². The molecule has 0 aliphatic heterocycles. The summed E-state index contributed by atoms with van der Waals surface area (Å²) in [5.41, 5.74) is 1.85. The molecule has 2 rings (SSSR count). The van der Waals surface area contributed by atoms with Crippen LogP contribution < -0.4 is 0 Å². The van der Waals surface area contributed by atoms with E-state index in [0.717, 1.165) is 0 Å². The van der Waals surface area contributed by atoms with Gasteiger partial charge in [0, 0.05) is 16.7 Å². The maximum absolute atomic E-state index is 12.1. The van der Waals surface area contributed by atoms with Crippen molar-refractivity contribution in [3.63, 3.8) is 0 Å². The quantitative estimate of drug-likeness (QED) is 0.640. The van der Waals surface area contributed by atoms with Gasteiger partial charge in [0.15, 0.2) is 11.6 Å². The normalized spacial score (nSPS) is 10.1. The van der Waals surface area contributed by atoms with Gasteiger partial charge in [-0.2, -0.15) is 0 Å². The second-order valence-electron chi connectivity index (χ2n) is 3.83. The Labute approximate surface area is 114 Å². The summed E-state index contributed by atoms with van der Waals surface area (Å²) in [7, 11) is 0. The van der Waals surface area contributed by atoms with E-state index in [-0.39, 0.29) is 11.6 Å². The highest BCUT2D eigenvalue weighted by Crippen LogP contribution is 2.11. The molecule has 0 aliphatic rings. The third kappa shape index (κ3) is 2.74. The molecule has 0 spiro atoms. The highest BCUT2D eigenvalue weighted by molar-refractivity contribution is 9.09. The van der Waals surface area contributed by atoms with E-state index in [0.29, 0.717) is 22.0 Å². The number of benzene rings is 2. The van der Waals surface area contributed by atoms with Crippen molar-refractivity contribution in [2.45, 2.75) is 0 Å². The van der Waals surface area contributed by atoms with Crippen molar-refractivity contribution in [2.75, 3.05) is 5.33 Å². The topological polar surface area (TPSA) is 34.1 Å². The van der Waals surface area contributed by atoms with Gasteiger partial charge in [0.05, 0.1) is 5.33 Å². The van der Waals surface area contributed by atoms with E-state index in [1.807, 2.05) is 18.2 Å². The lowest BCUT2D eigenvalue weighted by Crippen LogP contribution is -2.03. The highest BCUT2D eigenvalue weighted by Gasteiger charge is 2.09. The molecular formula is C15H11BrO2. The number of carbonyl (C=O) groups is 2. The monoisotopic (exact) mass is 302 g/mol. The molecule has 0 amide bonds. The molecule has 0 saturated carbocycles. The van der Waals surface area contributed by atoms with Crippen molar-refractivity contribution in [3.8, 4) is 0 Å². The second kappa shape index (κ2) is 5.74. The smallest absolute Gasteiger partial charge is 0.193 e. The zero-order chi connectivity index (χ0) is 13.0. The van der Waals surface area contributed by atoms with E-state index in [4.69, 9.17) is 0 Å². The summed E-state index contributed by atoms with van der Waals surface area (Å²) in [6, 6.07) is 15.8. The fourth-order valence-corrected chi connectivity index (χ4v) is 1.96. The molecule has 0 saturated heterocycles. The van der Waals surface area contributed by atoms with Gasteiger partial charge < -0.3 is 0 Å². The van der Waals surface area contributed by atoms with Crippen LogP contribution in [0.5, 0.6) is 0 Å². The number of hydrogen-bond donors (Lipinski definition) is 0. The van der Waals surface area contributed by atoms with Gasteiger partial charge in [-0.25, -0.2) is 0 Å². The molecule has 3 heteroatoms. The van der Waals surface area contributed by atoms with Gasteiger partial charge >= 0.3 is 0 Å². The van der Waals surface area contributed by atoms with Crippen molar-refractivity contribution >= 4 is 27.5 Å². The number of rotatable bonds is 4. The summed E-state index contributed by atoms with van der Waals surface area (Å²) >= 11 is 3.12. The van der Waals surface area contributed by atoms with Gasteiger partial charge in [-0.15, -0.1) is 0 Å². The molecule has 0 aliphatic carbocycles. The number of Topliss-reactive ketones (excluding diaryl/α,β-unsaturated/α-hetero) is 1. The van der Waals surface area contributed by atoms with E-state index >= 15 is 0 Å². The SMILES string of the molecule is O=C(CBr)c1ccc(C(=O)c2ccccc2)cc1. The lowest BCUT2D eigenvalue weighted by atomic mass is 10.0.